The van der Waals surface area contributed by atoms with Crippen molar-refractivity contribution in [2.24, 2.45) is 5.92 Å². The minimum Gasteiger partial charge on any atom is -0.466 e. The summed E-state index contributed by atoms with van der Waals surface area (Å²) in [5.74, 6) is -0.508. The number of esters is 1. The highest BCUT2D eigenvalue weighted by Gasteiger charge is 2.30. The topological polar surface area (TPSA) is 59.5 Å². The Morgan fingerprint density at radius 2 is 2.11 bits per heavy atom. The van der Waals surface area contributed by atoms with Gasteiger partial charge in [0, 0.05) is 18.5 Å². The Labute approximate surface area is 168 Å². The molecule has 2 aromatic heterocycles. The molecule has 1 atom stereocenters. The Hall–Kier alpha value is -2.73. The summed E-state index contributed by atoms with van der Waals surface area (Å²) in [6.07, 6.45) is 1.57. The first kappa shape index (κ1) is 18.6. The Balaban J connectivity index is 1.69. The molecule has 1 fully saturated rings. The third-order valence-corrected chi connectivity index (χ3v) is 5.94. The number of ether oxygens (including phenoxy) is 1. The minimum absolute atomic E-state index is 0.0506. The van der Waals surface area contributed by atoms with Crippen LogP contribution in [0.1, 0.15) is 30.1 Å². The monoisotopic (exact) mass is 394 g/mol. The van der Waals surface area contributed by atoms with Gasteiger partial charge in [0.2, 0.25) is 0 Å². The van der Waals surface area contributed by atoms with Gasteiger partial charge in [-0.15, -0.1) is 11.3 Å². The molecule has 0 radical (unpaired) electrons. The van der Waals surface area contributed by atoms with Crippen molar-refractivity contribution in [1.82, 2.24) is 9.88 Å². The van der Waals surface area contributed by atoms with E-state index in [4.69, 9.17) is 9.72 Å². The summed E-state index contributed by atoms with van der Waals surface area (Å²) in [5, 5.41) is 2.84. The highest BCUT2D eigenvalue weighted by molar-refractivity contribution is 7.13. The molecule has 1 aromatic carbocycles. The molecule has 6 heteroatoms. The van der Waals surface area contributed by atoms with Crippen LogP contribution in [-0.4, -0.2) is 41.5 Å². The summed E-state index contributed by atoms with van der Waals surface area (Å²) in [5.41, 5.74) is 2.24. The first-order valence-electron chi connectivity index (χ1n) is 9.57. The number of carbonyl (C=O) groups excluding carboxylic acids is 2. The number of likely N-dealkylation sites (tertiary alicyclic amines) is 1. The molecule has 1 amide bonds. The van der Waals surface area contributed by atoms with Crippen molar-refractivity contribution in [2.75, 3.05) is 19.7 Å². The van der Waals surface area contributed by atoms with Crippen LogP contribution < -0.4 is 0 Å². The summed E-state index contributed by atoms with van der Waals surface area (Å²) in [7, 11) is 0. The quantitative estimate of drug-likeness (QED) is 0.616. The highest BCUT2D eigenvalue weighted by Crippen LogP contribution is 2.29. The number of hydrogen-bond donors (Lipinski definition) is 0. The molecule has 1 unspecified atom stereocenters. The van der Waals surface area contributed by atoms with Crippen molar-refractivity contribution in [1.29, 1.82) is 0 Å². The number of fused-ring (bicyclic) bond motifs is 1. The van der Waals surface area contributed by atoms with E-state index in [-0.39, 0.29) is 17.8 Å². The fourth-order valence-electron chi connectivity index (χ4n) is 3.69. The van der Waals surface area contributed by atoms with Gasteiger partial charge in [-0.25, -0.2) is 4.98 Å². The van der Waals surface area contributed by atoms with Gasteiger partial charge in [-0.1, -0.05) is 24.3 Å². The van der Waals surface area contributed by atoms with Crippen molar-refractivity contribution in [2.45, 2.75) is 19.8 Å². The van der Waals surface area contributed by atoms with Gasteiger partial charge in [0.15, 0.2) is 0 Å². The number of para-hydroxylation sites is 1. The molecular formula is C22H22N2O3S. The number of amides is 1. The maximum Gasteiger partial charge on any atom is 0.310 e. The van der Waals surface area contributed by atoms with Crippen LogP contribution in [0, 0.1) is 5.92 Å². The van der Waals surface area contributed by atoms with Gasteiger partial charge in [0.05, 0.1) is 34.2 Å². The Morgan fingerprint density at radius 3 is 2.89 bits per heavy atom. The lowest BCUT2D eigenvalue weighted by Crippen LogP contribution is -2.42. The minimum atomic E-state index is -0.248. The Bertz CT molecular complexity index is 1000. The molecule has 1 aliphatic heterocycles. The number of benzene rings is 1. The molecule has 28 heavy (non-hydrogen) atoms. The van der Waals surface area contributed by atoms with E-state index in [1.165, 1.54) is 0 Å². The molecule has 3 aromatic rings. The molecule has 0 N–H and O–H groups in total. The maximum absolute atomic E-state index is 13.4. The second-order valence-electron chi connectivity index (χ2n) is 6.89. The Morgan fingerprint density at radius 1 is 1.25 bits per heavy atom. The third-order valence-electron chi connectivity index (χ3n) is 5.05. The van der Waals surface area contributed by atoms with E-state index in [9.17, 15) is 9.59 Å². The van der Waals surface area contributed by atoms with Crippen LogP contribution in [0.4, 0.5) is 0 Å². The fraction of sp³-hybridized carbons (Fsp3) is 0.318. The van der Waals surface area contributed by atoms with Crippen molar-refractivity contribution < 1.29 is 14.3 Å². The Kier molecular flexibility index (Phi) is 5.39. The molecule has 0 bridgehead atoms. The van der Waals surface area contributed by atoms with Gasteiger partial charge < -0.3 is 9.64 Å². The predicted molar refractivity (Wildman–Crippen MR) is 110 cm³/mol. The van der Waals surface area contributed by atoms with Gasteiger partial charge in [0.25, 0.3) is 5.91 Å². The maximum atomic E-state index is 13.4. The summed E-state index contributed by atoms with van der Waals surface area (Å²) < 4.78 is 5.17. The van der Waals surface area contributed by atoms with Crippen LogP contribution in [0.15, 0.2) is 47.8 Å². The van der Waals surface area contributed by atoms with E-state index >= 15 is 0 Å². The number of hydrogen-bond acceptors (Lipinski definition) is 5. The number of carbonyl (C=O) groups is 2. The van der Waals surface area contributed by atoms with Crippen LogP contribution in [0.2, 0.25) is 0 Å². The number of thiophene rings is 1. The lowest BCUT2D eigenvalue weighted by molar-refractivity contribution is -0.149. The summed E-state index contributed by atoms with van der Waals surface area (Å²) in [6, 6.07) is 13.6. The van der Waals surface area contributed by atoms with E-state index in [0.29, 0.717) is 25.3 Å². The standard InChI is InChI=1S/C22H22N2O3S/c1-2-27-22(26)15-7-5-11-24(14-15)21(25)17-13-19(20-10-6-12-28-20)23-18-9-4-3-8-16(17)18/h3-4,6,8-10,12-13,15H,2,5,7,11,14H2,1H3. The summed E-state index contributed by atoms with van der Waals surface area (Å²) >= 11 is 1.60. The van der Waals surface area contributed by atoms with E-state index < -0.39 is 0 Å². The van der Waals surface area contributed by atoms with Crippen LogP contribution in [0.3, 0.4) is 0 Å². The molecule has 1 saturated heterocycles. The number of rotatable bonds is 4. The van der Waals surface area contributed by atoms with Crippen molar-refractivity contribution in [3.8, 4) is 10.6 Å². The molecule has 4 rings (SSSR count). The van der Waals surface area contributed by atoms with E-state index in [1.54, 1.807) is 23.2 Å². The highest BCUT2D eigenvalue weighted by atomic mass is 32.1. The van der Waals surface area contributed by atoms with Crippen LogP contribution >= 0.6 is 11.3 Å². The third kappa shape index (κ3) is 3.64. The normalized spacial score (nSPS) is 16.9. The first-order chi connectivity index (χ1) is 13.7. The second-order valence-corrected chi connectivity index (χ2v) is 7.84. The zero-order chi connectivity index (χ0) is 19.5. The molecule has 0 aliphatic carbocycles. The van der Waals surface area contributed by atoms with E-state index in [1.807, 2.05) is 47.8 Å². The zero-order valence-corrected chi connectivity index (χ0v) is 16.6. The summed E-state index contributed by atoms with van der Waals surface area (Å²) in [6.45, 7) is 3.23. The van der Waals surface area contributed by atoms with E-state index in [0.717, 1.165) is 34.3 Å². The van der Waals surface area contributed by atoms with Crippen molar-refractivity contribution in [3.63, 3.8) is 0 Å². The molecule has 0 saturated carbocycles. The predicted octanol–water partition coefficient (Wildman–Crippen LogP) is 4.38. The second kappa shape index (κ2) is 8.10. The molecular weight excluding hydrogens is 372 g/mol. The van der Waals surface area contributed by atoms with Crippen LogP contribution in [0.5, 0.6) is 0 Å². The number of aromatic nitrogens is 1. The van der Waals surface area contributed by atoms with E-state index in [2.05, 4.69) is 0 Å². The summed E-state index contributed by atoms with van der Waals surface area (Å²) in [4.78, 5) is 33.1. The molecule has 144 valence electrons. The van der Waals surface area contributed by atoms with Crippen LogP contribution in [0.25, 0.3) is 21.5 Å². The van der Waals surface area contributed by atoms with Gasteiger partial charge in [0.1, 0.15) is 0 Å². The van der Waals surface area contributed by atoms with Gasteiger partial charge in [-0.3, -0.25) is 9.59 Å². The van der Waals surface area contributed by atoms with Gasteiger partial charge in [-0.05, 0) is 43.3 Å². The molecule has 0 spiro atoms. The van der Waals surface area contributed by atoms with Crippen molar-refractivity contribution >= 4 is 34.1 Å². The lowest BCUT2D eigenvalue weighted by Gasteiger charge is -2.32. The smallest absolute Gasteiger partial charge is 0.310 e. The number of nitrogens with zero attached hydrogens (tertiary/aromatic N) is 2. The van der Waals surface area contributed by atoms with Crippen molar-refractivity contribution in [3.05, 3.63) is 53.4 Å². The van der Waals surface area contributed by atoms with Crippen LogP contribution in [-0.2, 0) is 9.53 Å². The lowest BCUT2D eigenvalue weighted by atomic mass is 9.97. The van der Waals surface area contributed by atoms with Gasteiger partial charge >= 0.3 is 5.97 Å². The molecule has 1 aliphatic rings. The largest absolute Gasteiger partial charge is 0.466 e. The SMILES string of the molecule is CCOC(=O)C1CCCN(C(=O)c2cc(-c3cccs3)nc3ccccc23)C1. The average Bonchev–Trinajstić information content (AvgIpc) is 3.28. The first-order valence-corrected chi connectivity index (χ1v) is 10.4. The van der Waals surface area contributed by atoms with Gasteiger partial charge in [-0.2, -0.15) is 0 Å². The molecule has 5 nitrogen and oxygen atoms in total. The zero-order valence-electron chi connectivity index (χ0n) is 15.8. The molecule has 3 heterocycles. The number of pyridine rings is 1. The average molecular weight is 394 g/mol. The fourth-order valence-corrected chi connectivity index (χ4v) is 4.37. The number of piperidine rings is 1.